The van der Waals surface area contributed by atoms with Gasteiger partial charge >= 0.3 is 64.8 Å². The van der Waals surface area contributed by atoms with Gasteiger partial charge in [-0.1, -0.05) is 77.6 Å². The summed E-state index contributed by atoms with van der Waals surface area (Å²) >= 11 is 1.94. The molecule has 41 heavy (non-hydrogen) atoms. The number of allylic oxidation sites excluding steroid dienone is 2. The predicted molar refractivity (Wildman–Crippen MR) is 177 cm³/mol. The number of aryl methyl sites for hydroxylation is 2. The van der Waals surface area contributed by atoms with Gasteiger partial charge in [-0.3, -0.25) is 0 Å². The summed E-state index contributed by atoms with van der Waals surface area (Å²) in [6.45, 7) is 13.4. The van der Waals surface area contributed by atoms with E-state index in [4.69, 9.17) is 0 Å². The van der Waals surface area contributed by atoms with Gasteiger partial charge in [0.25, 0.3) is 0 Å². The van der Waals surface area contributed by atoms with Crippen LogP contribution in [0.25, 0.3) is 16.9 Å². The van der Waals surface area contributed by atoms with Crippen LogP contribution in [0.5, 0.6) is 0 Å². The maximum absolute atomic E-state index is 11.6. The minimum atomic E-state index is 0.993. The number of rotatable bonds is 18. The minimum absolute atomic E-state index is 0.993. The van der Waals surface area contributed by atoms with Crippen LogP contribution < -0.4 is 0 Å². The van der Waals surface area contributed by atoms with Gasteiger partial charge in [0.15, 0.2) is 0 Å². The molecule has 2 aromatic carbocycles. The summed E-state index contributed by atoms with van der Waals surface area (Å²) in [5.74, 6) is 0. The Morgan fingerprint density at radius 1 is 0.561 bits per heavy atom. The quantitative estimate of drug-likeness (QED) is 0.0923. The fourth-order valence-electron chi connectivity index (χ4n) is 5.19. The van der Waals surface area contributed by atoms with Crippen molar-refractivity contribution in [2.75, 3.05) is 0 Å². The summed E-state index contributed by atoms with van der Waals surface area (Å²) < 4.78 is 1.51. The molecule has 0 saturated carbocycles. The maximum atomic E-state index is 11.6. The summed E-state index contributed by atoms with van der Waals surface area (Å²) in [7, 11) is 0. The van der Waals surface area contributed by atoms with Crippen molar-refractivity contribution in [2.45, 2.75) is 142 Å². The number of benzene rings is 2. The van der Waals surface area contributed by atoms with E-state index in [0.29, 0.717) is 0 Å². The number of nitrogens with zero attached hydrogens (tertiary/aromatic N) is 2. The van der Waals surface area contributed by atoms with Gasteiger partial charge in [-0.15, -0.1) is 0 Å². The van der Waals surface area contributed by atoms with Crippen LogP contribution in [0.1, 0.15) is 141 Å². The van der Waals surface area contributed by atoms with Crippen molar-refractivity contribution in [3.8, 4) is 0 Å². The first-order chi connectivity index (χ1) is 20.1. The zero-order valence-corrected chi connectivity index (χ0v) is 28.1. The molecule has 230 valence electrons. The molecule has 0 aliphatic carbocycles. The molecule has 3 rings (SSSR count). The van der Waals surface area contributed by atoms with E-state index < -0.39 is 0 Å². The van der Waals surface area contributed by atoms with Crippen molar-refractivity contribution < 1.29 is 19.1 Å². The Kier molecular flexibility index (Phi) is 17.9. The molecule has 2 aromatic rings. The normalized spacial score (nSPS) is 13.3. The van der Waals surface area contributed by atoms with Gasteiger partial charge < -0.3 is 5.53 Å². The molecule has 0 atom stereocenters. The van der Waals surface area contributed by atoms with Gasteiger partial charge in [0, 0.05) is 22.3 Å². The van der Waals surface area contributed by atoms with Crippen LogP contribution in [0.4, 0.5) is 0 Å². The molecule has 1 heterocycles. The van der Waals surface area contributed by atoms with Crippen molar-refractivity contribution in [1.82, 2.24) is 0 Å². The van der Waals surface area contributed by atoms with E-state index in [2.05, 4.69) is 90.1 Å². The van der Waals surface area contributed by atoms with E-state index in [1.807, 2.05) is 14.4 Å². The second kappa shape index (κ2) is 20.8. The van der Waals surface area contributed by atoms with E-state index >= 15 is 0 Å². The molecule has 0 unspecified atom stereocenters. The molecule has 1 aliphatic heterocycles. The molecular weight excluding hydrogens is 543 g/mol. The fourth-order valence-corrected chi connectivity index (χ4v) is 6.63. The van der Waals surface area contributed by atoms with Crippen LogP contribution in [0.3, 0.4) is 0 Å². The van der Waals surface area contributed by atoms with Crippen molar-refractivity contribution >= 4 is 11.4 Å². The molecule has 2 nitrogen and oxygen atoms in total. The average molecular weight is 602 g/mol. The third-order valence-corrected chi connectivity index (χ3v) is 9.22. The van der Waals surface area contributed by atoms with Gasteiger partial charge in [-0.05, 0) is 73.9 Å². The summed E-state index contributed by atoms with van der Waals surface area (Å²) in [5.41, 5.74) is 21.2. The zero-order chi connectivity index (χ0) is 29.9. The van der Waals surface area contributed by atoms with Gasteiger partial charge in [0.05, 0.1) is 0 Å². The van der Waals surface area contributed by atoms with Gasteiger partial charge in [-0.25, -0.2) is 4.70 Å². The Morgan fingerprint density at radius 3 is 1.56 bits per heavy atom. The summed E-state index contributed by atoms with van der Waals surface area (Å²) in [4.78, 5) is 0. The second-order valence-electron chi connectivity index (χ2n) is 11.2. The molecule has 0 amide bonds. The second-order valence-corrected chi connectivity index (χ2v) is 12.6. The molecule has 0 aromatic heterocycles. The van der Waals surface area contributed by atoms with E-state index in [0.717, 1.165) is 61.0 Å². The molecule has 0 N–H and O–H groups in total. The Bertz CT molecular complexity index is 1090. The third-order valence-electron chi connectivity index (χ3n) is 7.82. The molecule has 3 heteroatoms. The van der Waals surface area contributed by atoms with E-state index in [-0.39, 0.29) is 0 Å². The van der Waals surface area contributed by atoms with Crippen LogP contribution in [-0.4, -0.2) is 4.70 Å². The molecule has 0 radical (unpaired) electrons. The summed E-state index contributed by atoms with van der Waals surface area (Å²) in [6.07, 6.45) is 16.8. The van der Waals surface area contributed by atoms with Crippen molar-refractivity contribution in [3.05, 3.63) is 87.5 Å². The van der Waals surface area contributed by atoms with Crippen LogP contribution in [0.2, 0.25) is 10.8 Å². The van der Waals surface area contributed by atoms with E-state index in [1.54, 1.807) is 0 Å². The molecule has 0 saturated heterocycles. The zero-order valence-electron chi connectivity index (χ0n) is 27.1. The van der Waals surface area contributed by atoms with Gasteiger partial charge in [0.2, 0.25) is 11.4 Å². The van der Waals surface area contributed by atoms with E-state index in [1.165, 1.54) is 89.1 Å². The van der Waals surface area contributed by atoms with Crippen molar-refractivity contribution in [3.63, 3.8) is 0 Å². The van der Waals surface area contributed by atoms with Crippen LogP contribution in [0.15, 0.2) is 59.7 Å². The predicted octanol–water partition coefficient (Wildman–Crippen LogP) is 12.6. The Labute approximate surface area is 259 Å². The SMILES string of the molecule is CCCCCC1=C(c2ccc(CC)cc2)[N+](=[N-])C(c2cccc(CC)c2)=C1CCCCC.CCC[CH2][Ni][CH2]CCC. The fraction of sp³-hybridized carbons (Fsp3) is 0.579. The van der Waals surface area contributed by atoms with Crippen LogP contribution in [0, 0.1) is 0 Å². The van der Waals surface area contributed by atoms with Crippen molar-refractivity contribution in [1.29, 1.82) is 0 Å². The molecule has 0 fully saturated rings. The monoisotopic (exact) mass is 600 g/mol. The molecule has 1 aliphatic rings. The van der Waals surface area contributed by atoms with Crippen LogP contribution in [-0.2, 0) is 27.3 Å². The first-order valence-electron chi connectivity index (χ1n) is 16.6. The van der Waals surface area contributed by atoms with Crippen LogP contribution >= 0.6 is 0 Å². The Hall–Kier alpha value is -1.99. The number of hydrogen-bond donors (Lipinski definition) is 0. The third kappa shape index (κ3) is 11.3. The molecule has 0 spiro atoms. The average Bonchev–Trinajstić information content (AvgIpc) is 3.28. The van der Waals surface area contributed by atoms with Gasteiger partial charge in [-0.2, -0.15) is 0 Å². The standard InChI is InChI=1S/C30H40N2.2C4H9.Ni/c1-5-9-11-16-27-28(17-12-10-6-2)30(26-15-13-14-24(8-4)22-26)32(31)29(27)25-20-18-23(7-3)19-21-25;2*1-3-4-2;/h13-15,18-22H,5-12,16-17H2,1-4H3;2*1,3-4H2,2H3;. The van der Waals surface area contributed by atoms with Crippen molar-refractivity contribution in [2.24, 2.45) is 0 Å². The number of unbranched alkanes of at least 4 members (excludes halogenated alkanes) is 6. The molecule has 0 bridgehead atoms. The van der Waals surface area contributed by atoms with E-state index in [9.17, 15) is 5.53 Å². The Balaban J connectivity index is 0.000000564. The topological polar surface area (TPSA) is 25.3 Å². The first-order valence-corrected chi connectivity index (χ1v) is 18.0. The van der Waals surface area contributed by atoms with Gasteiger partial charge in [0.1, 0.15) is 0 Å². The summed E-state index contributed by atoms with van der Waals surface area (Å²) in [5, 5.41) is 2.78. The number of hydrogen-bond acceptors (Lipinski definition) is 0. The Morgan fingerprint density at radius 2 is 1.07 bits per heavy atom. The first kappa shape index (κ1) is 35.2. The molecular formula is C38H58N2Ni. The summed E-state index contributed by atoms with van der Waals surface area (Å²) in [6, 6.07) is 17.5.